The van der Waals surface area contributed by atoms with Gasteiger partial charge in [-0.25, -0.2) is 0 Å². The standard InChI is InChI=1S/C48H30N2S/c1-3-13-31(14-4-1)32-23-26-35(27-24-32)49-42-20-10-7-17-36(42)40-29-33(25-28-44(40)49)39-30-41-37-18-8-11-21-43(37)50(34-15-5-2-6-16-34)47(41)46-38-19-9-12-22-45(38)51-48(39)46/h1-30H. The Labute approximate surface area is 298 Å². The van der Waals surface area contributed by atoms with Crippen molar-refractivity contribution in [3.05, 3.63) is 182 Å². The molecular weight excluding hydrogens is 637 g/mol. The predicted molar refractivity (Wildman–Crippen MR) is 219 cm³/mol. The number of benzene rings is 8. The Morgan fingerprint density at radius 2 is 0.902 bits per heavy atom. The fraction of sp³-hybridized carbons (Fsp3) is 0. The largest absolute Gasteiger partial charge is 0.309 e. The average molecular weight is 667 g/mol. The van der Waals surface area contributed by atoms with Gasteiger partial charge in [-0.3, -0.25) is 0 Å². The third-order valence-electron chi connectivity index (χ3n) is 10.5. The minimum Gasteiger partial charge on any atom is -0.309 e. The van der Waals surface area contributed by atoms with Crippen molar-refractivity contribution in [1.29, 1.82) is 0 Å². The third-order valence-corrected chi connectivity index (χ3v) is 11.7. The van der Waals surface area contributed by atoms with Crippen molar-refractivity contribution in [3.8, 4) is 33.6 Å². The molecule has 0 bridgehead atoms. The van der Waals surface area contributed by atoms with Crippen molar-refractivity contribution in [2.75, 3.05) is 0 Å². The molecule has 3 aromatic heterocycles. The maximum absolute atomic E-state index is 2.47. The van der Waals surface area contributed by atoms with Crippen LogP contribution >= 0.6 is 11.3 Å². The summed E-state index contributed by atoms with van der Waals surface area (Å²) < 4.78 is 7.51. The molecule has 0 saturated heterocycles. The molecule has 3 heterocycles. The molecule has 0 aliphatic rings. The van der Waals surface area contributed by atoms with Gasteiger partial charge in [0.05, 0.1) is 22.1 Å². The lowest BCUT2D eigenvalue weighted by Gasteiger charge is -2.12. The van der Waals surface area contributed by atoms with Gasteiger partial charge >= 0.3 is 0 Å². The molecule has 0 saturated carbocycles. The molecule has 0 amide bonds. The minimum absolute atomic E-state index is 1.16. The molecule has 0 radical (unpaired) electrons. The number of hydrogen-bond donors (Lipinski definition) is 0. The van der Waals surface area contributed by atoms with Gasteiger partial charge in [0.25, 0.3) is 0 Å². The van der Waals surface area contributed by atoms with Crippen LogP contribution in [0, 0.1) is 0 Å². The summed E-state index contributed by atoms with van der Waals surface area (Å²) in [4.78, 5) is 0. The van der Waals surface area contributed by atoms with Crippen LogP contribution in [0.5, 0.6) is 0 Å². The summed E-state index contributed by atoms with van der Waals surface area (Å²) in [5.74, 6) is 0. The smallest absolute Gasteiger partial charge is 0.0634 e. The van der Waals surface area contributed by atoms with Gasteiger partial charge in [-0.2, -0.15) is 0 Å². The van der Waals surface area contributed by atoms with Crippen molar-refractivity contribution in [2.45, 2.75) is 0 Å². The van der Waals surface area contributed by atoms with Crippen LogP contribution in [-0.2, 0) is 0 Å². The number of thiophene rings is 1. The van der Waals surface area contributed by atoms with E-state index in [0.29, 0.717) is 0 Å². The zero-order chi connectivity index (χ0) is 33.5. The Hall–Kier alpha value is -6.42. The quantitative estimate of drug-likeness (QED) is 0.177. The van der Waals surface area contributed by atoms with Gasteiger partial charge in [-0.05, 0) is 77.4 Å². The van der Waals surface area contributed by atoms with Crippen molar-refractivity contribution in [1.82, 2.24) is 9.13 Å². The van der Waals surface area contributed by atoms with Crippen LogP contribution in [0.2, 0.25) is 0 Å². The van der Waals surface area contributed by atoms with E-state index in [0.717, 1.165) is 5.69 Å². The van der Waals surface area contributed by atoms with E-state index < -0.39 is 0 Å². The normalized spacial score (nSPS) is 11.9. The van der Waals surface area contributed by atoms with Gasteiger partial charge in [-0.1, -0.05) is 121 Å². The second kappa shape index (κ2) is 11.0. The van der Waals surface area contributed by atoms with Crippen LogP contribution in [0.4, 0.5) is 0 Å². The van der Waals surface area contributed by atoms with Gasteiger partial charge in [0.15, 0.2) is 0 Å². The van der Waals surface area contributed by atoms with Gasteiger partial charge in [-0.15, -0.1) is 11.3 Å². The van der Waals surface area contributed by atoms with Crippen molar-refractivity contribution < 1.29 is 0 Å². The summed E-state index contributed by atoms with van der Waals surface area (Å²) in [6.07, 6.45) is 0. The zero-order valence-electron chi connectivity index (χ0n) is 27.6. The highest BCUT2D eigenvalue weighted by molar-refractivity contribution is 7.26. The molecular formula is C48H30N2S. The lowest BCUT2D eigenvalue weighted by atomic mass is 9.97. The van der Waals surface area contributed by atoms with E-state index in [1.54, 1.807) is 0 Å². The summed E-state index contributed by atoms with van der Waals surface area (Å²) in [7, 11) is 0. The van der Waals surface area contributed by atoms with E-state index in [-0.39, 0.29) is 0 Å². The Bertz CT molecular complexity index is 3110. The van der Waals surface area contributed by atoms with Crippen LogP contribution < -0.4 is 0 Å². The molecule has 238 valence electrons. The van der Waals surface area contributed by atoms with Crippen LogP contribution in [0.1, 0.15) is 0 Å². The molecule has 0 atom stereocenters. The van der Waals surface area contributed by atoms with E-state index in [4.69, 9.17) is 0 Å². The van der Waals surface area contributed by atoms with Gasteiger partial charge in [0.1, 0.15) is 0 Å². The van der Waals surface area contributed by atoms with E-state index in [1.807, 2.05) is 11.3 Å². The summed E-state index contributed by atoms with van der Waals surface area (Å²) in [6.45, 7) is 0. The van der Waals surface area contributed by atoms with Gasteiger partial charge in [0, 0.05) is 58.7 Å². The summed E-state index contributed by atoms with van der Waals surface area (Å²) >= 11 is 1.90. The first-order valence-electron chi connectivity index (χ1n) is 17.4. The molecule has 2 nitrogen and oxygen atoms in total. The highest BCUT2D eigenvalue weighted by Crippen LogP contribution is 2.48. The lowest BCUT2D eigenvalue weighted by molar-refractivity contribution is 1.18. The maximum Gasteiger partial charge on any atom is 0.0634 e. The number of hydrogen-bond acceptors (Lipinski definition) is 1. The van der Waals surface area contributed by atoms with E-state index in [9.17, 15) is 0 Å². The average Bonchev–Trinajstić information content (AvgIpc) is 3.86. The van der Waals surface area contributed by atoms with Gasteiger partial charge < -0.3 is 9.13 Å². The molecule has 8 aromatic carbocycles. The topological polar surface area (TPSA) is 9.86 Å². The second-order valence-corrected chi connectivity index (χ2v) is 14.4. The molecule has 3 heteroatoms. The maximum atomic E-state index is 2.47. The molecule has 0 N–H and O–H groups in total. The Morgan fingerprint density at radius 3 is 1.67 bits per heavy atom. The summed E-state index contributed by atoms with van der Waals surface area (Å²) in [5, 5.41) is 7.70. The molecule has 0 fully saturated rings. The zero-order valence-corrected chi connectivity index (χ0v) is 28.4. The number of nitrogens with zero attached hydrogens (tertiary/aromatic N) is 2. The van der Waals surface area contributed by atoms with Crippen molar-refractivity contribution in [3.63, 3.8) is 0 Å². The van der Waals surface area contributed by atoms with Crippen molar-refractivity contribution in [2.24, 2.45) is 0 Å². The highest BCUT2D eigenvalue weighted by Gasteiger charge is 2.22. The van der Waals surface area contributed by atoms with Crippen LogP contribution in [-0.4, -0.2) is 9.13 Å². The predicted octanol–water partition coefficient (Wildman–Crippen LogP) is 13.6. The van der Waals surface area contributed by atoms with Gasteiger partial charge in [0.2, 0.25) is 0 Å². The molecule has 11 aromatic rings. The van der Waals surface area contributed by atoms with Crippen LogP contribution in [0.25, 0.3) is 97.4 Å². The molecule has 0 spiro atoms. The van der Waals surface area contributed by atoms with E-state index >= 15 is 0 Å². The number of fused-ring (bicyclic) bond motifs is 10. The van der Waals surface area contributed by atoms with E-state index in [1.165, 1.54) is 91.7 Å². The van der Waals surface area contributed by atoms with E-state index in [2.05, 4.69) is 191 Å². The molecule has 0 aliphatic carbocycles. The number of aromatic nitrogens is 2. The fourth-order valence-electron chi connectivity index (χ4n) is 8.25. The fourth-order valence-corrected chi connectivity index (χ4v) is 9.49. The molecule has 11 rings (SSSR count). The number of rotatable bonds is 4. The summed E-state index contributed by atoms with van der Waals surface area (Å²) in [5.41, 5.74) is 12.2. The number of para-hydroxylation sites is 3. The lowest BCUT2D eigenvalue weighted by Crippen LogP contribution is -1.94. The molecule has 0 unspecified atom stereocenters. The van der Waals surface area contributed by atoms with Crippen LogP contribution in [0.15, 0.2) is 182 Å². The molecule has 0 aliphatic heterocycles. The Morgan fingerprint density at radius 1 is 0.353 bits per heavy atom. The second-order valence-electron chi connectivity index (χ2n) is 13.3. The molecule has 51 heavy (non-hydrogen) atoms. The first-order valence-corrected chi connectivity index (χ1v) is 18.3. The monoisotopic (exact) mass is 666 g/mol. The first kappa shape index (κ1) is 28.4. The Balaban J connectivity index is 1.19. The highest BCUT2D eigenvalue weighted by atomic mass is 32.1. The SMILES string of the molecule is c1ccc(-c2ccc(-n3c4ccccc4c4cc(-c5cc6c7ccccc7n(-c7ccccc7)c6c6c5sc5ccccc56)ccc43)cc2)cc1. The van der Waals surface area contributed by atoms with Crippen LogP contribution in [0.3, 0.4) is 0 Å². The van der Waals surface area contributed by atoms with Crippen molar-refractivity contribution >= 4 is 75.1 Å². The Kier molecular flexibility index (Phi) is 6.16. The summed E-state index contributed by atoms with van der Waals surface area (Å²) in [6, 6.07) is 66.5. The minimum atomic E-state index is 1.16. The first-order chi connectivity index (χ1) is 25.3. The third kappa shape index (κ3) is 4.22.